The molecule has 124 valence electrons. The fourth-order valence-corrected chi connectivity index (χ4v) is 4.70. The van der Waals surface area contributed by atoms with Crippen LogP contribution in [-0.4, -0.2) is 24.9 Å². The van der Waals surface area contributed by atoms with Crippen LogP contribution in [0.1, 0.15) is 46.0 Å². The predicted octanol–water partition coefficient (Wildman–Crippen LogP) is 3.54. The van der Waals surface area contributed by atoms with Crippen molar-refractivity contribution in [2.45, 2.75) is 50.2 Å². The van der Waals surface area contributed by atoms with Crippen molar-refractivity contribution in [3.05, 3.63) is 33.8 Å². The van der Waals surface area contributed by atoms with Crippen molar-refractivity contribution >= 4 is 28.3 Å². The number of nitrogens with two attached hydrogens (primary N) is 1. The lowest BCUT2D eigenvalue weighted by Gasteiger charge is -2.48. The molecule has 0 amide bonds. The number of hydrogen-bond acceptors (Lipinski definition) is 3. The molecule has 0 aromatic heterocycles. The zero-order valence-electron chi connectivity index (χ0n) is 14.8. The molecular formula is C17H25BrClNO2. The van der Waals surface area contributed by atoms with Gasteiger partial charge in [0, 0.05) is 23.7 Å². The standard InChI is InChI=1S/C17H24BrNO2.ClH/c1-21-14-4-6-16(7-5-14)11-12-2-3-13(18)10-15(12)17(16,19)8-9-20;/h2-3,10,14,20H,4-9,11,19H2,1H3;1H/t14-,16-,17?;/i9D2;. The van der Waals surface area contributed by atoms with Crippen molar-refractivity contribution in [1.82, 2.24) is 0 Å². The SMILES string of the molecule is Cl.[2H]C([2H])(O)CC1(N)c2cc(Br)ccc2C[C@]12CC[C@@H](OC)CC2. The number of ether oxygens (including phenoxy) is 1. The van der Waals surface area contributed by atoms with Crippen LogP contribution in [0.25, 0.3) is 0 Å². The summed E-state index contributed by atoms with van der Waals surface area (Å²) in [6, 6.07) is 6.08. The van der Waals surface area contributed by atoms with Crippen molar-refractivity contribution in [2.24, 2.45) is 11.1 Å². The Balaban J connectivity index is 0.00000208. The summed E-state index contributed by atoms with van der Waals surface area (Å²) in [7, 11) is 1.74. The van der Waals surface area contributed by atoms with Gasteiger partial charge in [-0.1, -0.05) is 22.0 Å². The molecule has 1 spiro atoms. The lowest BCUT2D eigenvalue weighted by Crippen LogP contribution is -2.52. The number of halogens is 2. The summed E-state index contributed by atoms with van der Waals surface area (Å²) in [4.78, 5) is 0. The second-order valence-corrected chi connectivity index (χ2v) is 7.42. The van der Waals surface area contributed by atoms with E-state index in [1.54, 1.807) is 7.11 Å². The van der Waals surface area contributed by atoms with E-state index in [2.05, 4.69) is 22.0 Å². The molecule has 0 radical (unpaired) electrons. The van der Waals surface area contributed by atoms with Crippen LogP contribution in [0.2, 0.25) is 0 Å². The average molecular weight is 393 g/mol. The molecule has 2 aliphatic rings. The van der Waals surface area contributed by atoms with Crippen molar-refractivity contribution < 1.29 is 12.6 Å². The smallest absolute Gasteiger partial charge is 0.0571 e. The topological polar surface area (TPSA) is 55.5 Å². The minimum Gasteiger partial charge on any atom is -0.396 e. The molecule has 1 aromatic rings. The molecule has 0 aliphatic heterocycles. The van der Waals surface area contributed by atoms with Crippen LogP contribution in [0, 0.1) is 5.41 Å². The van der Waals surface area contributed by atoms with E-state index >= 15 is 0 Å². The monoisotopic (exact) mass is 391 g/mol. The summed E-state index contributed by atoms with van der Waals surface area (Å²) in [5.74, 6) is 0. The van der Waals surface area contributed by atoms with E-state index in [4.69, 9.17) is 13.2 Å². The van der Waals surface area contributed by atoms with Gasteiger partial charge in [0.2, 0.25) is 0 Å². The molecule has 1 saturated carbocycles. The van der Waals surface area contributed by atoms with Gasteiger partial charge in [-0.15, -0.1) is 12.4 Å². The first-order chi connectivity index (χ1) is 10.7. The summed E-state index contributed by atoms with van der Waals surface area (Å²) < 4.78 is 21.8. The summed E-state index contributed by atoms with van der Waals surface area (Å²) >= 11 is 3.50. The Morgan fingerprint density at radius 2 is 2.14 bits per heavy atom. The van der Waals surface area contributed by atoms with Crippen LogP contribution < -0.4 is 5.73 Å². The molecule has 1 aromatic carbocycles. The number of fused-ring (bicyclic) bond motifs is 1. The molecule has 0 saturated heterocycles. The van der Waals surface area contributed by atoms with Gasteiger partial charge in [0.15, 0.2) is 0 Å². The quantitative estimate of drug-likeness (QED) is 0.827. The molecule has 2 aliphatic carbocycles. The minimum absolute atomic E-state index is 0. The van der Waals surface area contributed by atoms with Gasteiger partial charge in [0.1, 0.15) is 0 Å². The minimum atomic E-state index is -2.29. The maximum Gasteiger partial charge on any atom is 0.0571 e. The van der Waals surface area contributed by atoms with E-state index < -0.39 is 12.1 Å². The van der Waals surface area contributed by atoms with Gasteiger partial charge in [0.25, 0.3) is 0 Å². The van der Waals surface area contributed by atoms with E-state index in [1.165, 1.54) is 5.56 Å². The molecule has 3 N–H and O–H groups in total. The second kappa shape index (κ2) is 6.78. The Hall–Kier alpha value is -0.130. The van der Waals surface area contributed by atoms with E-state index in [0.29, 0.717) is 0 Å². The molecule has 0 bridgehead atoms. The molecule has 3 rings (SSSR count). The van der Waals surface area contributed by atoms with E-state index in [9.17, 15) is 5.11 Å². The highest BCUT2D eigenvalue weighted by Crippen LogP contribution is 2.58. The largest absolute Gasteiger partial charge is 0.396 e. The van der Waals surface area contributed by atoms with Crippen molar-refractivity contribution in [3.63, 3.8) is 0 Å². The fraction of sp³-hybridized carbons (Fsp3) is 0.647. The molecular weight excluding hydrogens is 366 g/mol. The fourth-order valence-electron chi connectivity index (χ4n) is 4.34. The Morgan fingerprint density at radius 1 is 1.45 bits per heavy atom. The van der Waals surface area contributed by atoms with E-state index in [1.807, 2.05) is 12.1 Å². The lowest BCUT2D eigenvalue weighted by molar-refractivity contribution is -0.0106. The van der Waals surface area contributed by atoms with E-state index in [-0.39, 0.29) is 30.3 Å². The van der Waals surface area contributed by atoms with Crippen molar-refractivity contribution in [2.75, 3.05) is 13.7 Å². The third-order valence-corrected chi connectivity index (χ3v) is 6.10. The number of benzene rings is 1. The van der Waals surface area contributed by atoms with Crippen LogP contribution in [0.3, 0.4) is 0 Å². The normalized spacial score (nSPS) is 35.5. The van der Waals surface area contributed by atoms with Crippen LogP contribution in [-0.2, 0) is 16.7 Å². The van der Waals surface area contributed by atoms with Gasteiger partial charge >= 0.3 is 0 Å². The first kappa shape index (κ1) is 15.4. The van der Waals surface area contributed by atoms with E-state index in [0.717, 1.165) is 42.1 Å². The summed E-state index contributed by atoms with van der Waals surface area (Å²) in [5, 5.41) is 9.87. The molecule has 1 unspecified atom stereocenters. The molecule has 22 heavy (non-hydrogen) atoms. The second-order valence-electron chi connectivity index (χ2n) is 6.50. The number of rotatable bonds is 3. The van der Waals surface area contributed by atoms with Crippen molar-refractivity contribution in [3.8, 4) is 0 Å². The Kier molecular flexibility index (Phi) is 4.74. The van der Waals surface area contributed by atoms with Crippen molar-refractivity contribution in [1.29, 1.82) is 0 Å². The predicted molar refractivity (Wildman–Crippen MR) is 94.4 cm³/mol. The van der Waals surface area contributed by atoms with Gasteiger partial charge in [0.05, 0.1) is 8.85 Å². The molecule has 1 fully saturated rings. The third kappa shape index (κ3) is 2.73. The lowest BCUT2D eigenvalue weighted by atomic mass is 9.61. The van der Waals surface area contributed by atoms with Gasteiger partial charge in [-0.25, -0.2) is 0 Å². The summed E-state index contributed by atoms with van der Waals surface area (Å²) in [5.41, 5.74) is 7.95. The average Bonchev–Trinajstić information content (AvgIpc) is 2.68. The maximum atomic E-state index is 9.87. The molecule has 5 heteroatoms. The Labute approximate surface area is 150 Å². The molecule has 1 atom stereocenters. The number of methoxy groups -OCH3 is 1. The highest BCUT2D eigenvalue weighted by molar-refractivity contribution is 9.10. The summed E-state index contributed by atoms with van der Waals surface area (Å²) in [6.45, 7) is -2.29. The first-order valence-corrected chi connectivity index (χ1v) is 8.31. The highest BCUT2D eigenvalue weighted by Gasteiger charge is 2.55. The zero-order valence-corrected chi connectivity index (χ0v) is 15.2. The van der Waals surface area contributed by atoms with Crippen LogP contribution >= 0.6 is 28.3 Å². The molecule has 0 heterocycles. The van der Waals surface area contributed by atoms with Crippen LogP contribution in [0.15, 0.2) is 22.7 Å². The van der Waals surface area contributed by atoms with Crippen LogP contribution in [0.5, 0.6) is 0 Å². The Morgan fingerprint density at radius 3 is 2.73 bits per heavy atom. The Bertz CT molecular complexity index is 603. The molecule has 3 nitrogen and oxygen atoms in total. The van der Waals surface area contributed by atoms with Gasteiger partial charge < -0.3 is 15.6 Å². The summed E-state index contributed by atoms with van der Waals surface area (Å²) in [6.07, 6.45) is 4.67. The zero-order chi connectivity index (χ0) is 16.9. The van der Waals surface area contributed by atoms with Gasteiger partial charge in [-0.2, -0.15) is 0 Å². The third-order valence-electron chi connectivity index (χ3n) is 5.61. The number of aliphatic hydroxyl groups is 1. The first-order valence-electron chi connectivity index (χ1n) is 8.52. The number of hydrogen-bond donors (Lipinski definition) is 2. The van der Waals surface area contributed by atoms with Gasteiger partial charge in [-0.05, 0) is 67.2 Å². The maximum absolute atomic E-state index is 9.87. The van der Waals surface area contributed by atoms with Gasteiger partial charge in [-0.3, -0.25) is 0 Å². The van der Waals surface area contributed by atoms with Crippen LogP contribution in [0.4, 0.5) is 0 Å². The highest BCUT2D eigenvalue weighted by atomic mass is 79.9.